The molecule has 0 saturated heterocycles. The van der Waals surface area contributed by atoms with Gasteiger partial charge >= 0.3 is 0 Å². The third-order valence-corrected chi connectivity index (χ3v) is 5.50. The molecule has 1 aliphatic carbocycles. The molecule has 7 heteroatoms. The smallest absolute Gasteiger partial charge is 0.217 e. The molecule has 0 aromatic heterocycles. The molecule has 0 aliphatic heterocycles. The van der Waals surface area contributed by atoms with Crippen LogP contribution in [0.5, 0.6) is 23.0 Å². The zero-order valence-corrected chi connectivity index (χ0v) is 19.1. The Kier molecular flexibility index (Phi) is 7.30. The summed E-state index contributed by atoms with van der Waals surface area (Å²) in [5.74, 6) is 1.29. The molecular formula is C27H27F2NO4. The molecule has 1 saturated carbocycles. The summed E-state index contributed by atoms with van der Waals surface area (Å²) >= 11 is 0. The van der Waals surface area contributed by atoms with Gasteiger partial charge in [0.15, 0.2) is 0 Å². The number of hydrogen-bond acceptors (Lipinski definition) is 4. The molecule has 34 heavy (non-hydrogen) atoms. The highest BCUT2D eigenvalue weighted by atomic mass is 19.1. The van der Waals surface area contributed by atoms with Crippen LogP contribution >= 0.6 is 0 Å². The Bertz CT molecular complexity index is 1160. The van der Waals surface area contributed by atoms with Crippen LogP contribution in [0.25, 0.3) is 0 Å². The average molecular weight is 468 g/mol. The van der Waals surface area contributed by atoms with Crippen LogP contribution in [-0.2, 0) is 11.4 Å². The molecule has 1 fully saturated rings. The maximum absolute atomic E-state index is 14.6. The summed E-state index contributed by atoms with van der Waals surface area (Å²) in [5.41, 5.74) is 0.655. The van der Waals surface area contributed by atoms with E-state index >= 15 is 0 Å². The fourth-order valence-electron chi connectivity index (χ4n) is 3.46. The van der Waals surface area contributed by atoms with Gasteiger partial charge in [0.25, 0.3) is 0 Å². The molecule has 5 nitrogen and oxygen atoms in total. The van der Waals surface area contributed by atoms with Crippen molar-refractivity contribution in [1.82, 2.24) is 5.32 Å². The van der Waals surface area contributed by atoms with Gasteiger partial charge in [-0.05, 0) is 56.0 Å². The Morgan fingerprint density at radius 3 is 2.32 bits per heavy atom. The fraction of sp³-hybridized carbons (Fsp3) is 0.296. The van der Waals surface area contributed by atoms with Crippen LogP contribution in [0, 0.1) is 17.6 Å². The van der Waals surface area contributed by atoms with Crippen molar-refractivity contribution in [2.75, 3.05) is 6.61 Å². The first-order valence-electron chi connectivity index (χ1n) is 11.3. The zero-order chi connectivity index (χ0) is 24.1. The van der Waals surface area contributed by atoms with Gasteiger partial charge in [-0.15, -0.1) is 0 Å². The average Bonchev–Trinajstić information content (AvgIpc) is 3.61. The summed E-state index contributed by atoms with van der Waals surface area (Å²) in [7, 11) is 0. The minimum atomic E-state index is -0.508. The minimum Gasteiger partial charge on any atom is -0.493 e. The van der Waals surface area contributed by atoms with Gasteiger partial charge in [0, 0.05) is 36.2 Å². The van der Waals surface area contributed by atoms with Gasteiger partial charge in [-0.2, -0.15) is 0 Å². The molecule has 0 radical (unpaired) electrons. The monoisotopic (exact) mass is 467 g/mol. The van der Waals surface area contributed by atoms with Crippen molar-refractivity contribution in [3.63, 3.8) is 0 Å². The van der Waals surface area contributed by atoms with Crippen molar-refractivity contribution in [1.29, 1.82) is 0 Å². The minimum absolute atomic E-state index is 0.0728. The Balaban J connectivity index is 1.35. The number of rotatable bonds is 10. The standard InChI is InChI=1S/C27H27F2NO4/c1-17(30-18(2)31)25-11-10-22(13-27(25)29)33-16-20-8-9-24(14-26(20)28)34-23-5-3-4-21(12-23)32-15-19-6-7-19/h3-5,8-14,17,19H,6-7,15-16H2,1-2H3,(H,30,31). The van der Waals surface area contributed by atoms with Crippen molar-refractivity contribution in [2.24, 2.45) is 5.92 Å². The third kappa shape index (κ3) is 6.47. The Hall–Kier alpha value is -3.61. The number of carbonyl (C=O) groups excluding carboxylic acids is 1. The van der Waals surface area contributed by atoms with Crippen LogP contribution in [0.4, 0.5) is 8.78 Å². The molecule has 0 heterocycles. The first-order valence-corrected chi connectivity index (χ1v) is 11.3. The predicted octanol–water partition coefficient (Wildman–Crippen LogP) is 6.32. The lowest BCUT2D eigenvalue weighted by Gasteiger charge is -2.15. The number of halogens is 2. The van der Waals surface area contributed by atoms with Gasteiger partial charge in [0.1, 0.15) is 41.2 Å². The van der Waals surface area contributed by atoms with E-state index in [1.165, 1.54) is 31.9 Å². The Labute approximate surface area is 197 Å². The second-order valence-corrected chi connectivity index (χ2v) is 8.48. The van der Waals surface area contributed by atoms with Gasteiger partial charge in [0.05, 0.1) is 12.6 Å². The molecule has 3 aromatic carbocycles. The second kappa shape index (κ2) is 10.5. The number of carbonyl (C=O) groups is 1. The number of nitrogens with one attached hydrogen (secondary N) is 1. The summed E-state index contributed by atoms with van der Waals surface area (Å²) < 4.78 is 46.1. The van der Waals surface area contributed by atoms with E-state index < -0.39 is 17.7 Å². The zero-order valence-electron chi connectivity index (χ0n) is 19.1. The summed E-state index contributed by atoms with van der Waals surface area (Å²) in [6.07, 6.45) is 2.42. The SMILES string of the molecule is CC(=O)NC(C)c1ccc(OCc2ccc(Oc3cccc(OCC4CC4)c3)cc2F)cc1F. The molecule has 1 aliphatic rings. The van der Waals surface area contributed by atoms with Crippen LogP contribution in [0.2, 0.25) is 0 Å². The van der Waals surface area contributed by atoms with E-state index in [-0.39, 0.29) is 18.3 Å². The lowest BCUT2D eigenvalue weighted by Crippen LogP contribution is -2.24. The van der Waals surface area contributed by atoms with E-state index in [4.69, 9.17) is 14.2 Å². The number of amides is 1. The van der Waals surface area contributed by atoms with Crippen LogP contribution in [0.3, 0.4) is 0 Å². The molecule has 0 spiro atoms. The second-order valence-electron chi connectivity index (χ2n) is 8.48. The Morgan fingerprint density at radius 1 is 0.941 bits per heavy atom. The topological polar surface area (TPSA) is 56.8 Å². The molecule has 0 bridgehead atoms. The van der Waals surface area contributed by atoms with Crippen molar-refractivity contribution >= 4 is 5.91 Å². The maximum Gasteiger partial charge on any atom is 0.217 e. The van der Waals surface area contributed by atoms with Crippen LogP contribution in [0.1, 0.15) is 43.9 Å². The highest BCUT2D eigenvalue weighted by Gasteiger charge is 2.22. The van der Waals surface area contributed by atoms with E-state index in [0.717, 1.165) is 5.75 Å². The summed E-state index contributed by atoms with van der Waals surface area (Å²) in [5, 5.41) is 2.64. The molecule has 178 valence electrons. The number of benzene rings is 3. The molecule has 1 N–H and O–H groups in total. The summed E-state index contributed by atoms with van der Waals surface area (Å²) in [4.78, 5) is 11.2. The molecule has 4 rings (SSSR count). The summed E-state index contributed by atoms with van der Waals surface area (Å²) in [6, 6.07) is 15.7. The fourth-order valence-corrected chi connectivity index (χ4v) is 3.46. The molecule has 3 aromatic rings. The van der Waals surface area contributed by atoms with E-state index in [9.17, 15) is 13.6 Å². The number of ether oxygens (including phenoxy) is 3. The highest BCUT2D eigenvalue weighted by molar-refractivity contribution is 5.73. The maximum atomic E-state index is 14.6. The van der Waals surface area contributed by atoms with Crippen molar-refractivity contribution < 1.29 is 27.8 Å². The molecule has 1 unspecified atom stereocenters. The molecule has 1 amide bonds. The highest BCUT2D eigenvalue weighted by Crippen LogP contribution is 2.31. The predicted molar refractivity (Wildman–Crippen MR) is 124 cm³/mol. The third-order valence-electron chi connectivity index (χ3n) is 5.50. The molecular weight excluding hydrogens is 440 g/mol. The first kappa shape index (κ1) is 23.5. The van der Waals surface area contributed by atoms with E-state index in [2.05, 4.69) is 5.32 Å². The van der Waals surface area contributed by atoms with Crippen LogP contribution in [-0.4, -0.2) is 12.5 Å². The van der Waals surface area contributed by atoms with E-state index in [1.54, 1.807) is 43.3 Å². The van der Waals surface area contributed by atoms with Gasteiger partial charge in [-0.3, -0.25) is 4.79 Å². The quantitative estimate of drug-likeness (QED) is 0.379. The van der Waals surface area contributed by atoms with Crippen molar-refractivity contribution in [2.45, 2.75) is 39.3 Å². The van der Waals surface area contributed by atoms with Crippen LogP contribution < -0.4 is 19.5 Å². The van der Waals surface area contributed by atoms with E-state index in [0.29, 0.717) is 35.2 Å². The Morgan fingerprint density at radius 2 is 1.62 bits per heavy atom. The van der Waals surface area contributed by atoms with Crippen molar-refractivity contribution in [3.05, 3.63) is 83.4 Å². The van der Waals surface area contributed by atoms with Gasteiger partial charge in [0.2, 0.25) is 5.91 Å². The van der Waals surface area contributed by atoms with E-state index in [1.807, 2.05) is 12.1 Å². The van der Waals surface area contributed by atoms with Crippen molar-refractivity contribution in [3.8, 4) is 23.0 Å². The lowest BCUT2D eigenvalue weighted by atomic mass is 10.1. The van der Waals surface area contributed by atoms with Gasteiger partial charge < -0.3 is 19.5 Å². The largest absolute Gasteiger partial charge is 0.493 e. The van der Waals surface area contributed by atoms with Gasteiger partial charge in [-0.25, -0.2) is 8.78 Å². The lowest BCUT2D eigenvalue weighted by molar-refractivity contribution is -0.119. The normalized spacial score (nSPS) is 13.8. The molecule has 1 atom stereocenters. The number of hydrogen-bond donors (Lipinski definition) is 1. The van der Waals surface area contributed by atoms with Gasteiger partial charge in [-0.1, -0.05) is 12.1 Å². The first-order chi connectivity index (χ1) is 16.4. The van der Waals surface area contributed by atoms with Crippen LogP contribution in [0.15, 0.2) is 60.7 Å². The summed E-state index contributed by atoms with van der Waals surface area (Å²) in [6.45, 7) is 3.69.